The van der Waals surface area contributed by atoms with E-state index in [1.807, 2.05) is 13.1 Å². The van der Waals surface area contributed by atoms with Gasteiger partial charge >= 0.3 is 0 Å². The first-order valence-electron chi connectivity index (χ1n) is 7.48. The molecule has 6 nitrogen and oxygen atoms in total. The highest BCUT2D eigenvalue weighted by atomic mass is 35.5. The zero-order chi connectivity index (χ0) is 16.2. The molecule has 1 saturated heterocycles. The average Bonchev–Trinajstić information content (AvgIpc) is 3.02. The number of anilines is 3. The van der Waals surface area contributed by atoms with Crippen LogP contribution in [0.1, 0.15) is 12.8 Å². The van der Waals surface area contributed by atoms with Crippen molar-refractivity contribution in [3.63, 3.8) is 0 Å². The predicted octanol–water partition coefficient (Wildman–Crippen LogP) is 2.79. The second kappa shape index (κ2) is 6.95. The van der Waals surface area contributed by atoms with E-state index in [1.165, 1.54) is 12.3 Å². The van der Waals surface area contributed by atoms with E-state index in [2.05, 4.69) is 30.5 Å². The number of nitrogens with zero attached hydrogens (tertiary/aromatic N) is 4. The van der Waals surface area contributed by atoms with Gasteiger partial charge in [0, 0.05) is 38.4 Å². The van der Waals surface area contributed by atoms with Crippen LogP contribution < -0.4 is 15.5 Å². The van der Waals surface area contributed by atoms with Crippen molar-refractivity contribution in [2.75, 3.05) is 35.7 Å². The molecule has 0 saturated carbocycles. The van der Waals surface area contributed by atoms with Gasteiger partial charge in [0.1, 0.15) is 18.0 Å². The highest BCUT2D eigenvalue weighted by Gasteiger charge is 2.26. The molecule has 3 heterocycles. The van der Waals surface area contributed by atoms with Gasteiger partial charge in [0.25, 0.3) is 0 Å². The van der Waals surface area contributed by atoms with Crippen molar-refractivity contribution < 1.29 is 4.39 Å². The Hall–Kier alpha value is -2.15. The maximum atomic E-state index is 13.8. The number of hydrogen-bond donors (Lipinski definition) is 2. The van der Waals surface area contributed by atoms with Crippen LogP contribution in [-0.2, 0) is 0 Å². The number of aromatic nitrogens is 3. The molecule has 23 heavy (non-hydrogen) atoms. The standard InChI is InChI=1S/C15H18ClFN6/c1-18-13-6-14(22-9-21-13)23-4-2-3-11(23)8-20-15-12(17)5-10(16)7-19-15/h5-7,9,11H,2-4,8H2,1H3,(H,19,20)(H,18,21,22). The van der Waals surface area contributed by atoms with E-state index in [4.69, 9.17) is 11.6 Å². The van der Waals surface area contributed by atoms with Gasteiger partial charge in [-0.25, -0.2) is 19.3 Å². The minimum atomic E-state index is -0.443. The lowest BCUT2D eigenvalue weighted by atomic mass is 10.2. The van der Waals surface area contributed by atoms with Gasteiger partial charge in [-0.1, -0.05) is 11.6 Å². The van der Waals surface area contributed by atoms with Crippen LogP contribution in [0.4, 0.5) is 21.8 Å². The topological polar surface area (TPSA) is 66.0 Å². The van der Waals surface area contributed by atoms with Gasteiger partial charge in [-0.15, -0.1) is 0 Å². The van der Waals surface area contributed by atoms with Crippen LogP contribution in [0, 0.1) is 5.82 Å². The van der Waals surface area contributed by atoms with Crippen LogP contribution in [0.5, 0.6) is 0 Å². The molecule has 122 valence electrons. The Morgan fingerprint density at radius 3 is 3.00 bits per heavy atom. The van der Waals surface area contributed by atoms with E-state index >= 15 is 0 Å². The Labute approximate surface area is 139 Å². The van der Waals surface area contributed by atoms with Gasteiger partial charge in [-0.05, 0) is 18.9 Å². The van der Waals surface area contributed by atoms with Crippen molar-refractivity contribution in [1.82, 2.24) is 15.0 Å². The largest absolute Gasteiger partial charge is 0.373 e. The van der Waals surface area contributed by atoms with E-state index in [1.54, 1.807) is 6.33 Å². The van der Waals surface area contributed by atoms with Crippen molar-refractivity contribution in [2.45, 2.75) is 18.9 Å². The molecule has 0 radical (unpaired) electrons. The predicted molar refractivity (Wildman–Crippen MR) is 89.6 cm³/mol. The summed E-state index contributed by atoms with van der Waals surface area (Å²) in [5.74, 6) is 1.43. The molecule has 1 aliphatic rings. The van der Waals surface area contributed by atoms with Crippen LogP contribution >= 0.6 is 11.6 Å². The second-order valence-electron chi connectivity index (χ2n) is 5.37. The maximum Gasteiger partial charge on any atom is 0.166 e. The molecule has 1 aliphatic heterocycles. The smallest absolute Gasteiger partial charge is 0.166 e. The molecule has 1 fully saturated rings. The summed E-state index contributed by atoms with van der Waals surface area (Å²) in [5.41, 5.74) is 0. The lowest BCUT2D eigenvalue weighted by molar-refractivity contribution is 0.619. The number of halogens is 2. The van der Waals surface area contributed by atoms with Crippen LogP contribution in [0.15, 0.2) is 24.7 Å². The summed E-state index contributed by atoms with van der Waals surface area (Å²) >= 11 is 5.72. The number of pyridine rings is 1. The number of rotatable bonds is 5. The molecule has 2 N–H and O–H groups in total. The zero-order valence-corrected chi connectivity index (χ0v) is 13.5. The summed E-state index contributed by atoms with van der Waals surface area (Å²) in [6.07, 6.45) is 5.07. The minimum absolute atomic E-state index is 0.222. The molecule has 2 aromatic rings. The summed E-state index contributed by atoms with van der Waals surface area (Å²) in [4.78, 5) is 14.7. The van der Waals surface area contributed by atoms with Gasteiger partial charge < -0.3 is 15.5 Å². The third-order valence-corrected chi connectivity index (χ3v) is 4.10. The van der Waals surface area contributed by atoms with Crippen LogP contribution in [0.2, 0.25) is 5.02 Å². The van der Waals surface area contributed by atoms with Crippen LogP contribution in [-0.4, -0.2) is 41.1 Å². The van der Waals surface area contributed by atoms with Gasteiger partial charge in [-0.2, -0.15) is 0 Å². The Balaban J connectivity index is 1.69. The van der Waals surface area contributed by atoms with Crippen LogP contribution in [0.25, 0.3) is 0 Å². The summed E-state index contributed by atoms with van der Waals surface area (Å²) < 4.78 is 13.8. The van der Waals surface area contributed by atoms with E-state index < -0.39 is 5.82 Å². The Bertz CT molecular complexity index is 683. The third kappa shape index (κ3) is 3.61. The minimum Gasteiger partial charge on any atom is -0.373 e. The third-order valence-electron chi connectivity index (χ3n) is 3.89. The fraction of sp³-hybridized carbons (Fsp3) is 0.400. The molecule has 0 aromatic carbocycles. The molecule has 3 rings (SSSR count). The SMILES string of the molecule is CNc1cc(N2CCCC2CNc2ncc(Cl)cc2F)ncn1. The highest BCUT2D eigenvalue weighted by Crippen LogP contribution is 2.25. The molecular weight excluding hydrogens is 319 g/mol. The number of hydrogen-bond acceptors (Lipinski definition) is 6. The Morgan fingerprint density at radius 1 is 1.35 bits per heavy atom. The fourth-order valence-corrected chi connectivity index (χ4v) is 2.89. The highest BCUT2D eigenvalue weighted by molar-refractivity contribution is 6.30. The molecular formula is C15H18ClFN6. The van der Waals surface area contributed by atoms with Gasteiger partial charge in [0.2, 0.25) is 0 Å². The lowest BCUT2D eigenvalue weighted by Crippen LogP contribution is -2.35. The lowest BCUT2D eigenvalue weighted by Gasteiger charge is -2.26. The zero-order valence-electron chi connectivity index (χ0n) is 12.8. The van der Waals surface area contributed by atoms with Gasteiger partial charge in [0.05, 0.1) is 5.02 Å². The molecule has 1 unspecified atom stereocenters. The quantitative estimate of drug-likeness (QED) is 0.875. The Kier molecular flexibility index (Phi) is 4.76. The fourth-order valence-electron chi connectivity index (χ4n) is 2.75. The van der Waals surface area contributed by atoms with Crippen molar-refractivity contribution in [2.24, 2.45) is 0 Å². The van der Waals surface area contributed by atoms with Crippen molar-refractivity contribution in [3.8, 4) is 0 Å². The van der Waals surface area contributed by atoms with E-state index in [9.17, 15) is 4.39 Å². The Morgan fingerprint density at radius 2 is 2.22 bits per heavy atom. The normalized spacial score (nSPS) is 17.3. The van der Waals surface area contributed by atoms with E-state index in [0.717, 1.165) is 31.0 Å². The molecule has 1 atom stereocenters. The second-order valence-corrected chi connectivity index (χ2v) is 5.80. The molecule has 8 heteroatoms. The van der Waals surface area contributed by atoms with Crippen molar-refractivity contribution in [1.29, 1.82) is 0 Å². The monoisotopic (exact) mass is 336 g/mol. The molecule has 0 aliphatic carbocycles. The summed E-state index contributed by atoms with van der Waals surface area (Å²) in [6, 6.07) is 3.40. The van der Waals surface area contributed by atoms with E-state index in [-0.39, 0.29) is 16.9 Å². The molecule has 0 spiro atoms. The van der Waals surface area contributed by atoms with Crippen LogP contribution in [0.3, 0.4) is 0 Å². The van der Waals surface area contributed by atoms with Gasteiger partial charge in [0.15, 0.2) is 11.6 Å². The summed E-state index contributed by atoms with van der Waals surface area (Å²) in [6.45, 7) is 1.51. The summed E-state index contributed by atoms with van der Waals surface area (Å²) in [5, 5.41) is 6.36. The molecule has 0 amide bonds. The van der Waals surface area contributed by atoms with Crippen molar-refractivity contribution in [3.05, 3.63) is 35.5 Å². The average molecular weight is 337 g/mol. The number of nitrogens with one attached hydrogen (secondary N) is 2. The maximum absolute atomic E-state index is 13.8. The first kappa shape index (κ1) is 15.7. The van der Waals surface area contributed by atoms with E-state index in [0.29, 0.717) is 6.54 Å². The summed E-state index contributed by atoms with van der Waals surface area (Å²) in [7, 11) is 1.82. The first-order chi connectivity index (χ1) is 11.2. The molecule has 0 bridgehead atoms. The first-order valence-corrected chi connectivity index (χ1v) is 7.86. The molecule has 2 aromatic heterocycles. The van der Waals surface area contributed by atoms with Gasteiger partial charge in [-0.3, -0.25) is 0 Å². The van der Waals surface area contributed by atoms with Crippen molar-refractivity contribution >= 4 is 29.1 Å².